The molecule has 0 saturated carbocycles. The number of carbonyl (C=O) groups excluding carboxylic acids is 1. The molecule has 1 amide bonds. The topological polar surface area (TPSA) is 66.9 Å². The second kappa shape index (κ2) is 7.51. The second-order valence-electron chi connectivity index (χ2n) is 6.31. The number of likely N-dealkylation sites (tertiary alicyclic amines) is 1. The van der Waals surface area contributed by atoms with E-state index in [1.54, 1.807) is 23.5 Å². The molecule has 1 aromatic rings. The van der Waals surface area contributed by atoms with Gasteiger partial charge in [0.1, 0.15) is 9.77 Å². The van der Waals surface area contributed by atoms with Crippen LogP contribution in [0.2, 0.25) is 0 Å². The molecule has 8 heteroatoms. The fourth-order valence-electron chi connectivity index (χ4n) is 3.34. The monoisotopic (exact) mass is 372 g/mol. The smallest absolute Gasteiger partial charge is 0.265 e. The van der Waals surface area contributed by atoms with Crippen LogP contribution in [0.25, 0.3) is 0 Å². The summed E-state index contributed by atoms with van der Waals surface area (Å²) in [6.45, 7) is 2.31. The number of ether oxygens (including phenoxy) is 1. The quantitative estimate of drug-likeness (QED) is 0.812. The molecule has 24 heavy (non-hydrogen) atoms. The lowest BCUT2D eigenvalue weighted by atomic mass is 10.1. The lowest BCUT2D eigenvalue weighted by molar-refractivity contribution is 0.0351. The summed E-state index contributed by atoms with van der Waals surface area (Å²) in [5, 5.41) is 1.70. The van der Waals surface area contributed by atoms with Gasteiger partial charge < -0.3 is 9.64 Å². The van der Waals surface area contributed by atoms with E-state index in [1.165, 1.54) is 15.6 Å². The molecule has 0 unspecified atom stereocenters. The standard InChI is InChI=1S/C16H24N2O4S2/c1-22-13-5-10-17(11-6-13)16(19)15-14(7-12-23-15)24(20,21)18-8-3-2-4-9-18/h7,12-13H,2-6,8-11H2,1H3. The average Bonchev–Trinajstić information content (AvgIpc) is 3.12. The van der Waals surface area contributed by atoms with Crippen molar-refractivity contribution < 1.29 is 17.9 Å². The lowest BCUT2D eigenvalue weighted by Gasteiger charge is -2.31. The third-order valence-corrected chi connectivity index (χ3v) is 7.79. The van der Waals surface area contributed by atoms with Crippen LogP contribution in [0.15, 0.2) is 16.3 Å². The Bertz CT molecular complexity index is 672. The SMILES string of the molecule is COC1CCN(C(=O)c2sccc2S(=O)(=O)N2CCCCC2)CC1. The van der Waals surface area contributed by atoms with E-state index < -0.39 is 10.0 Å². The first kappa shape index (κ1) is 17.8. The first-order chi connectivity index (χ1) is 11.5. The van der Waals surface area contributed by atoms with E-state index in [0.29, 0.717) is 31.1 Å². The number of nitrogens with zero attached hydrogens (tertiary/aromatic N) is 2. The maximum atomic E-state index is 12.9. The van der Waals surface area contributed by atoms with E-state index in [1.807, 2.05) is 0 Å². The van der Waals surface area contributed by atoms with Crippen LogP contribution in [0.4, 0.5) is 0 Å². The Labute approximate surface area is 147 Å². The highest BCUT2D eigenvalue weighted by molar-refractivity contribution is 7.89. The molecule has 1 aromatic heterocycles. The van der Waals surface area contributed by atoms with Crippen molar-refractivity contribution in [3.05, 3.63) is 16.3 Å². The molecule has 3 heterocycles. The number of piperidine rings is 2. The van der Waals surface area contributed by atoms with Gasteiger partial charge in [0.2, 0.25) is 10.0 Å². The second-order valence-corrected chi connectivity index (χ2v) is 9.13. The van der Waals surface area contributed by atoms with Crippen LogP contribution < -0.4 is 0 Å². The van der Waals surface area contributed by atoms with E-state index in [2.05, 4.69) is 0 Å². The highest BCUT2D eigenvalue weighted by Crippen LogP contribution is 2.29. The molecule has 3 rings (SSSR count). The summed E-state index contributed by atoms with van der Waals surface area (Å²) in [5.74, 6) is -0.171. The maximum absolute atomic E-state index is 12.9. The Balaban J connectivity index is 1.78. The summed E-state index contributed by atoms with van der Waals surface area (Å²) in [4.78, 5) is 15.1. The van der Waals surface area contributed by atoms with Gasteiger partial charge in [-0.3, -0.25) is 4.79 Å². The van der Waals surface area contributed by atoms with Crippen LogP contribution in [0.5, 0.6) is 0 Å². The fraction of sp³-hybridized carbons (Fsp3) is 0.688. The van der Waals surface area contributed by atoms with E-state index in [9.17, 15) is 13.2 Å². The van der Waals surface area contributed by atoms with Crippen molar-refractivity contribution in [1.29, 1.82) is 0 Å². The zero-order valence-electron chi connectivity index (χ0n) is 13.9. The van der Waals surface area contributed by atoms with Gasteiger partial charge in [-0.25, -0.2) is 8.42 Å². The number of carbonyl (C=O) groups is 1. The van der Waals surface area contributed by atoms with Gasteiger partial charge in [0.15, 0.2) is 0 Å². The van der Waals surface area contributed by atoms with Crippen molar-refractivity contribution in [3.63, 3.8) is 0 Å². The number of rotatable bonds is 4. The van der Waals surface area contributed by atoms with Gasteiger partial charge >= 0.3 is 0 Å². The lowest BCUT2D eigenvalue weighted by Crippen LogP contribution is -2.41. The molecule has 0 spiro atoms. The predicted molar refractivity (Wildman–Crippen MR) is 92.9 cm³/mol. The maximum Gasteiger partial charge on any atom is 0.265 e. The number of hydrogen-bond donors (Lipinski definition) is 0. The number of hydrogen-bond acceptors (Lipinski definition) is 5. The van der Waals surface area contributed by atoms with Crippen molar-refractivity contribution in [1.82, 2.24) is 9.21 Å². The van der Waals surface area contributed by atoms with Crippen LogP contribution >= 0.6 is 11.3 Å². The number of methoxy groups -OCH3 is 1. The molecule has 0 bridgehead atoms. The van der Waals surface area contributed by atoms with Crippen molar-refractivity contribution in [2.24, 2.45) is 0 Å². The summed E-state index contributed by atoms with van der Waals surface area (Å²) in [5.41, 5.74) is 0. The zero-order chi connectivity index (χ0) is 17.2. The van der Waals surface area contributed by atoms with Gasteiger partial charge in [-0.2, -0.15) is 4.31 Å². The highest BCUT2D eigenvalue weighted by Gasteiger charge is 2.33. The van der Waals surface area contributed by atoms with Gasteiger partial charge in [0.25, 0.3) is 5.91 Å². The summed E-state index contributed by atoms with van der Waals surface area (Å²) in [6.07, 6.45) is 4.61. The van der Waals surface area contributed by atoms with E-state index >= 15 is 0 Å². The van der Waals surface area contributed by atoms with Crippen molar-refractivity contribution in [2.75, 3.05) is 33.3 Å². The Morgan fingerprint density at radius 3 is 2.46 bits per heavy atom. The van der Waals surface area contributed by atoms with Crippen molar-refractivity contribution >= 4 is 27.3 Å². The molecule has 134 valence electrons. The summed E-state index contributed by atoms with van der Waals surface area (Å²) >= 11 is 1.22. The normalized spacial score (nSPS) is 21.1. The van der Waals surface area contributed by atoms with Gasteiger partial charge in [-0.15, -0.1) is 11.3 Å². The van der Waals surface area contributed by atoms with Gasteiger partial charge in [0, 0.05) is 33.3 Å². The van der Waals surface area contributed by atoms with Crippen molar-refractivity contribution in [3.8, 4) is 0 Å². The third kappa shape index (κ3) is 3.51. The molecule has 0 aliphatic carbocycles. The summed E-state index contributed by atoms with van der Waals surface area (Å²) in [7, 11) is -1.89. The summed E-state index contributed by atoms with van der Waals surface area (Å²) in [6, 6.07) is 1.57. The average molecular weight is 373 g/mol. The van der Waals surface area contributed by atoms with Gasteiger partial charge in [-0.05, 0) is 37.1 Å². The van der Waals surface area contributed by atoms with Crippen molar-refractivity contribution in [2.45, 2.75) is 43.1 Å². The molecule has 2 aliphatic heterocycles. The van der Waals surface area contributed by atoms with E-state index in [-0.39, 0.29) is 16.9 Å². The molecule has 0 N–H and O–H groups in total. The van der Waals surface area contributed by atoms with Crippen LogP contribution in [0, 0.1) is 0 Å². The summed E-state index contributed by atoms with van der Waals surface area (Å²) < 4.78 is 32.6. The minimum Gasteiger partial charge on any atom is -0.381 e. The van der Waals surface area contributed by atoms with Gasteiger partial charge in [-0.1, -0.05) is 6.42 Å². The molecule has 2 fully saturated rings. The Morgan fingerprint density at radius 2 is 1.83 bits per heavy atom. The van der Waals surface area contributed by atoms with Crippen LogP contribution in [0.3, 0.4) is 0 Å². The molecule has 2 saturated heterocycles. The fourth-order valence-corrected chi connectivity index (χ4v) is 6.22. The molecule has 6 nitrogen and oxygen atoms in total. The number of sulfonamides is 1. The Kier molecular flexibility index (Phi) is 5.59. The largest absolute Gasteiger partial charge is 0.381 e. The van der Waals surface area contributed by atoms with Crippen LogP contribution in [0.1, 0.15) is 41.8 Å². The highest BCUT2D eigenvalue weighted by atomic mass is 32.2. The minimum absolute atomic E-state index is 0.171. The van der Waals surface area contributed by atoms with Gasteiger partial charge in [0.05, 0.1) is 6.10 Å². The third-order valence-electron chi connectivity index (χ3n) is 4.82. The molecule has 0 atom stereocenters. The molecular weight excluding hydrogens is 348 g/mol. The van der Waals surface area contributed by atoms with E-state index in [4.69, 9.17) is 4.74 Å². The number of amides is 1. The first-order valence-electron chi connectivity index (χ1n) is 8.43. The molecular formula is C16H24N2O4S2. The van der Waals surface area contributed by atoms with Crippen LogP contribution in [-0.4, -0.2) is 62.9 Å². The van der Waals surface area contributed by atoms with E-state index in [0.717, 1.165) is 32.1 Å². The minimum atomic E-state index is -3.58. The first-order valence-corrected chi connectivity index (χ1v) is 10.8. The molecule has 0 aromatic carbocycles. The predicted octanol–water partition coefficient (Wildman–Crippen LogP) is 2.17. The zero-order valence-corrected chi connectivity index (χ0v) is 15.6. The number of thiophene rings is 1. The van der Waals surface area contributed by atoms with Crippen LogP contribution in [-0.2, 0) is 14.8 Å². The molecule has 0 radical (unpaired) electrons. The Morgan fingerprint density at radius 1 is 1.17 bits per heavy atom. The Hall–Kier alpha value is -0.960. The molecule has 2 aliphatic rings.